The minimum absolute atomic E-state index is 0.0633. The highest BCUT2D eigenvalue weighted by molar-refractivity contribution is 9.17. The first-order valence-corrected chi connectivity index (χ1v) is 10.5. The van der Waals surface area contributed by atoms with Crippen LogP contribution >= 0.6 is 39.5 Å². The third-order valence-corrected chi connectivity index (χ3v) is 7.33. The molecule has 1 rings (SSSR count). The van der Waals surface area contributed by atoms with Gasteiger partial charge in [-0.2, -0.15) is 0 Å². The van der Waals surface area contributed by atoms with E-state index in [1.165, 1.54) is 0 Å². The summed E-state index contributed by atoms with van der Waals surface area (Å²) < 4.78 is -1.72. The predicted molar refractivity (Wildman–Crippen MR) is 75.7 cm³/mol. The van der Waals surface area contributed by atoms with Crippen molar-refractivity contribution in [1.29, 1.82) is 0 Å². The van der Waals surface area contributed by atoms with Gasteiger partial charge in [0.1, 0.15) is 3.64 Å². The van der Waals surface area contributed by atoms with Crippen molar-refractivity contribution in [3.8, 4) is 0 Å². The highest BCUT2D eigenvalue weighted by atomic mass is 33.5. The molecule has 0 N–H and O–H groups in total. The van der Waals surface area contributed by atoms with Gasteiger partial charge in [0, 0.05) is 4.75 Å². The minimum atomic E-state index is -1.78. The van der Waals surface area contributed by atoms with Crippen LogP contribution in [0.25, 0.3) is 0 Å². The summed E-state index contributed by atoms with van der Waals surface area (Å²) >= 11 is 15.6. The molecule has 13 heavy (non-hydrogen) atoms. The molecular weight excluding hydrogens is 255 g/mol. The van der Waals surface area contributed by atoms with Crippen LogP contribution in [0.4, 0.5) is 0 Å². The Morgan fingerprint density at radius 2 is 2.08 bits per heavy atom. The summed E-state index contributed by atoms with van der Waals surface area (Å²) in [4.78, 5) is 0. The van der Waals surface area contributed by atoms with Crippen molar-refractivity contribution in [3.05, 3.63) is 24.3 Å². The van der Waals surface area contributed by atoms with Crippen LogP contribution in [0.3, 0.4) is 0 Å². The van der Waals surface area contributed by atoms with Crippen molar-refractivity contribution in [2.75, 3.05) is 0 Å². The van der Waals surface area contributed by atoms with Crippen LogP contribution in [0.15, 0.2) is 24.3 Å². The Bertz CT molecular complexity index is 291. The van der Waals surface area contributed by atoms with Gasteiger partial charge in [-0.1, -0.05) is 54.4 Å². The van der Waals surface area contributed by atoms with Crippen LogP contribution in [0.5, 0.6) is 0 Å². The fourth-order valence-corrected chi connectivity index (χ4v) is 8.92. The summed E-state index contributed by atoms with van der Waals surface area (Å²) in [5.41, 5.74) is 0. The van der Waals surface area contributed by atoms with Crippen molar-refractivity contribution >= 4 is 51.3 Å². The van der Waals surface area contributed by atoms with Gasteiger partial charge in [-0.15, -0.1) is 24.5 Å². The lowest BCUT2D eigenvalue weighted by molar-refractivity contribution is 0.603. The zero-order valence-electron chi connectivity index (χ0n) is 7.54. The zero-order valence-corrected chi connectivity index (χ0v) is 11.9. The summed E-state index contributed by atoms with van der Waals surface area (Å²) in [5, 5.41) is 0. The smallest absolute Gasteiger partial charge is 0.104 e. The Labute approximate surface area is 99.7 Å². The molecule has 2 unspecified atom stereocenters. The van der Waals surface area contributed by atoms with E-state index >= 15 is 0 Å². The highest BCUT2D eigenvalue weighted by Gasteiger charge is 2.32. The number of allylic oxidation sites excluding steroid dienone is 3. The van der Waals surface area contributed by atoms with Gasteiger partial charge in [0.25, 0.3) is 0 Å². The fraction of sp³-hybridized carbons (Fsp3) is 0.500. The highest BCUT2D eigenvalue weighted by Crippen LogP contribution is 2.72. The Hall–Kier alpha value is 1.18. The summed E-state index contributed by atoms with van der Waals surface area (Å²) in [7, 11) is 0. The van der Waals surface area contributed by atoms with Gasteiger partial charge in [0.05, 0.1) is 0 Å². The molecule has 0 amide bonds. The first kappa shape index (κ1) is 12.3. The van der Waals surface area contributed by atoms with Crippen LogP contribution in [0.2, 0.25) is 0 Å². The molecule has 1 aliphatic rings. The van der Waals surface area contributed by atoms with E-state index in [9.17, 15) is 0 Å². The van der Waals surface area contributed by atoms with Crippen molar-refractivity contribution in [1.82, 2.24) is 0 Å². The van der Waals surface area contributed by atoms with Crippen LogP contribution in [0.1, 0.15) is 13.8 Å². The van der Waals surface area contributed by atoms with Gasteiger partial charge in [0.15, 0.2) is 0 Å². The van der Waals surface area contributed by atoms with E-state index in [0.29, 0.717) is 5.92 Å². The molecule has 0 spiro atoms. The Balaban J connectivity index is 2.82. The Morgan fingerprint density at radius 1 is 1.46 bits per heavy atom. The third kappa shape index (κ3) is 3.67. The summed E-state index contributed by atoms with van der Waals surface area (Å²) in [6.07, 6.45) is 8.53. The molecule has 0 aromatic carbocycles. The van der Waals surface area contributed by atoms with Gasteiger partial charge < -0.3 is 0 Å². The van der Waals surface area contributed by atoms with Crippen LogP contribution < -0.4 is 0 Å². The largest absolute Gasteiger partial charge is 0.122 e. The summed E-state index contributed by atoms with van der Waals surface area (Å²) in [6.45, 7) is 4.38. The Kier molecular flexibility index (Phi) is 4.11. The molecule has 0 aliphatic heterocycles. The molecule has 0 radical (unpaired) electrons. The second-order valence-electron chi connectivity index (χ2n) is 3.30. The lowest BCUT2D eigenvalue weighted by atomic mass is 9.91. The lowest BCUT2D eigenvalue weighted by Gasteiger charge is -2.34. The van der Waals surface area contributed by atoms with Crippen LogP contribution in [0, 0.1) is 5.92 Å². The molecule has 74 valence electrons. The lowest BCUT2D eigenvalue weighted by Crippen LogP contribution is -2.25. The minimum Gasteiger partial charge on any atom is -0.122 e. The molecule has 2 atom stereocenters. The number of thiol groups is 2. The third-order valence-electron chi connectivity index (χ3n) is 2.16. The first-order valence-electron chi connectivity index (χ1n) is 3.96. The molecule has 0 aromatic rings. The quantitative estimate of drug-likeness (QED) is 0.565. The van der Waals surface area contributed by atoms with Gasteiger partial charge in [-0.3, -0.25) is 0 Å². The van der Waals surface area contributed by atoms with E-state index in [0.717, 1.165) is 0 Å². The standard InChI is InChI=1S/C8H13PS4/c1-7-5-3-4-6-8(7,2)13-9(10,11)12/h3-7H,1-2H3,(H2,10,11,12). The van der Waals surface area contributed by atoms with Crippen molar-refractivity contribution in [2.24, 2.45) is 5.92 Å². The summed E-state index contributed by atoms with van der Waals surface area (Å²) in [6, 6.07) is 0. The van der Waals surface area contributed by atoms with Gasteiger partial charge in [-0.05, 0) is 12.8 Å². The second-order valence-corrected chi connectivity index (χ2v) is 17.7. The van der Waals surface area contributed by atoms with Gasteiger partial charge >= 0.3 is 0 Å². The van der Waals surface area contributed by atoms with E-state index < -0.39 is 3.64 Å². The van der Waals surface area contributed by atoms with Gasteiger partial charge in [-0.25, -0.2) is 0 Å². The van der Waals surface area contributed by atoms with E-state index in [-0.39, 0.29) is 4.75 Å². The van der Waals surface area contributed by atoms with Gasteiger partial charge in [0.2, 0.25) is 0 Å². The molecule has 5 heteroatoms. The SMILES string of the molecule is CC1C=CC=CC1(C)SP(=S)(S)S. The Morgan fingerprint density at radius 3 is 2.54 bits per heavy atom. The maximum absolute atomic E-state index is 5.24. The van der Waals surface area contributed by atoms with Crippen molar-refractivity contribution in [2.45, 2.75) is 18.6 Å². The normalized spacial score (nSPS) is 33.7. The van der Waals surface area contributed by atoms with Crippen molar-refractivity contribution < 1.29 is 0 Å². The molecule has 0 saturated carbocycles. The maximum Gasteiger partial charge on any atom is 0.104 e. The fourth-order valence-electron chi connectivity index (χ4n) is 1.19. The van der Waals surface area contributed by atoms with E-state index in [1.807, 2.05) is 0 Å². The van der Waals surface area contributed by atoms with Crippen LogP contribution in [-0.4, -0.2) is 4.75 Å². The average molecular weight is 268 g/mol. The van der Waals surface area contributed by atoms with E-state index in [1.54, 1.807) is 11.4 Å². The monoisotopic (exact) mass is 268 g/mol. The summed E-state index contributed by atoms with van der Waals surface area (Å²) in [5.74, 6) is 0.490. The molecule has 0 saturated heterocycles. The second kappa shape index (κ2) is 4.36. The predicted octanol–water partition coefficient (Wildman–Crippen LogP) is 4.32. The molecule has 0 aromatic heterocycles. The molecule has 1 aliphatic carbocycles. The number of rotatable bonds is 2. The van der Waals surface area contributed by atoms with Crippen LogP contribution in [-0.2, 0) is 11.8 Å². The molecule has 0 bridgehead atoms. The van der Waals surface area contributed by atoms with E-state index in [4.69, 9.17) is 11.8 Å². The van der Waals surface area contributed by atoms with E-state index in [2.05, 4.69) is 62.6 Å². The average Bonchev–Trinajstić information content (AvgIpc) is 1.92. The first-order chi connectivity index (χ1) is 5.83. The topological polar surface area (TPSA) is 0 Å². The number of hydrogen-bond donors (Lipinski definition) is 2. The molecule has 0 nitrogen and oxygen atoms in total. The molecular formula is C8H13PS4. The van der Waals surface area contributed by atoms with Crippen molar-refractivity contribution in [3.63, 3.8) is 0 Å². The number of hydrogen-bond acceptors (Lipinski definition) is 2. The molecule has 0 heterocycles. The zero-order chi connectivity index (χ0) is 10.1. The molecule has 0 fully saturated rings. The maximum atomic E-state index is 5.24.